The number of hydrogen-bond donors (Lipinski definition) is 0. The number of carbonyl (C=O) groups excluding carboxylic acids is 1. The van der Waals surface area contributed by atoms with E-state index in [9.17, 15) is 9.18 Å². The molecule has 2 aromatic carbocycles. The van der Waals surface area contributed by atoms with Crippen molar-refractivity contribution in [3.8, 4) is 11.5 Å². The Kier molecular flexibility index (Phi) is 5.12. The van der Waals surface area contributed by atoms with Gasteiger partial charge in [0.1, 0.15) is 5.82 Å². The van der Waals surface area contributed by atoms with Crippen LogP contribution in [0.2, 0.25) is 0 Å². The zero-order valence-electron chi connectivity index (χ0n) is 16.3. The van der Waals surface area contributed by atoms with Gasteiger partial charge in [-0.2, -0.15) is 0 Å². The van der Waals surface area contributed by atoms with Gasteiger partial charge in [-0.1, -0.05) is 12.1 Å². The molecule has 0 atom stereocenters. The number of pyridine rings is 1. The first-order chi connectivity index (χ1) is 14.1. The number of ether oxygens (including phenoxy) is 2. The van der Waals surface area contributed by atoms with Crippen LogP contribution in [-0.2, 0) is 13.0 Å². The first kappa shape index (κ1) is 18.9. The molecule has 0 spiro atoms. The molecule has 0 bridgehead atoms. The predicted molar refractivity (Wildman–Crippen MR) is 108 cm³/mol. The Labute approximate surface area is 168 Å². The zero-order valence-corrected chi connectivity index (χ0v) is 16.3. The number of methoxy groups -OCH3 is 2. The van der Waals surface area contributed by atoms with Gasteiger partial charge >= 0.3 is 0 Å². The van der Waals surface area contributed by atoms with Gasteiger partial charge < -0.3 is 9.47 Å². The summed E-state index contributed by atoms with van der Waals surface area (Å²) in [6.07, 6.45) is 6.33. The molecule has 1 heterocycles. The summed E-state index contributed by atoms with van der Waals surface area (Å²) in [4.78, 5) is 12.8. The Morgan fingerprint density at radius 1 is 1.03 bits per heavy atom. The summed E-state index contributed by atoms with van der Waals surface area (Å²) in [6.45, 7) is 0.582. The molecule has 1 aromatic heterocycles. The van der Waals surface area contributed by atoms with Crippen LogP contribution in [-0.4, -0.2) is 20.0 Å². The van der Waals surface area contributed by atoms with E-state index in [-0.39, 0.29) is 11.6 Å². The van der Waals surface area contributed by atoms with Crippen LogP contribution in [0, 0.1) is 5.82 Å². The van der Waals surface area contributed by atoms with Crippen molar-refractivity contribution < 1.29 is 23.2 Å². The predicted octanol–water partition coefficient (Wildman–Crippen LogP) is 4.00. The number of aromatic nitrogens is 1. The summed E-state index contributed by atoms with van der Waals surface area (Å²) in [5, 5.41) is 0. The van der Waals surface area contributed by atoms with Crippen molar-refractivity contribution in [1.82, 2.24) is 0 Å². The normalized spacial score (nSPS) is 14.2. The minimum absolute atomic E-state index is 0.0115. The van der Waals surface area contributed by atoms with Gasteiger partial charge in [-0.3, -0.25) is 4.79 Å². The Morgan fingerprint density at radius 3 is 2.45 bits per heavy atom. The molecule has 1 aliphatic rings. The fraction of sp³-hybridized carbons (Fsp3) is 0.167. The van der Waals surface area contributed by atoms with Gasteiger partial charge in [0.25, 0.3) is 0 Å². The molecule has 0 saturated carbocycles. The molecule has 1 aliphatic carbocycles. The molecule has 0 aliphatic heterocycles. The summed E-state index contributed by atoms with van der Waals surface area (Å²) >= 11 is 0. The van der Waals surface area contributed by atoms with Crippen LogP contribution in [0.1, 0.15) is 27.0 Å². The molecular formula is C24H21FNO3+. The van der Waals surface area contributed by atoms with Crippen LogP contribution in [0.3, 0.4) is 0 Å². The summed E-state index contributed by atoms with van der Waals surface area (Å²) in [7, 11) is 3.14. The molecule has 4 rings (SSSR count). The van der Waals surface area contributed by atoms with Crippen LogP contribution >= 0.6 is 0 Å². The Hall–Kier alpha value is -3.47. The number of ketones is 1. The number of Topliss-reactive ketones (excluding diaryl/α,β-unsaturated/α-hetero) is 1. The average molecular weight is 390 g/mol. The highest BCUT2D eigenvalue weighted by molar-refractivity contribution is 6.15. The molecule has 5 heteroatoms. The third kappa shape index (κ3) is 3.90. The van der Waals surface area contributed by atoms with Crippen LogP contribution < -0.4 is 14.0 Å². The van der Waals surface area contributed by atoms with E-state index < -0.39 is 0 Å². The average Bonchev–Trinajstić information content (AvgIpc) is 3.03. The minimum Gasteiger partial charge on any atom is -0.493 e. The van der Waals surface area contributed by atoms with Crippen molar-refractivity contribution in [2.75, 3.05) is 14.2 Å². The fourth-order valence-corrected chi connectivity index (χ4v) is 3.57. The lowest BCUT2D eigenvalue weighted by molar-refractivity contribution is -0.688. The largest absolute Gasteiger partial charge is 0.493 e. The number of nitrogens with zero attached hydrogens (tertiary/aromatic N) is 1. The van der Waals surface area contributed by atoms with Crippen LogP contribution in [0.5, 0.6) is 11.5 Å². The van der Waals surface area contributed by atoms with Gasteiger partial charge in [0.05, 0.1) is 14.2 Å². The molecule has 0 fully saturated rings. The highest BCUT2D eigenvalue weighted by Gasteiger charge is 2.27. The molecular weight excluding hydrogens is 369 g/mol. The summed E-state index contributed by atoms with van der Waals surface area (Å²) in [6, 6.07) is 14.1. The summed E-state index contributed by atoms with van der Waals surface area (Å²) in [5.74, 6) is 0.951. The van der Waals surface area contributed by atoms with Crippen molar-refractivity contribution in [3.05, 3.63) is 94.6 Å². The van der Waals surface area contributed by atoms with E-state index >= 15 is 0 Å². The van der Waals surface area contributed by atoms with E-state index in [4.69, 9.17) is 9.47 Å². The molecule has 0 saturated heterocycles. The zero-order chi connectivity index (χ0) is 20.4. The van der Waals surface area contributed by atoms with Crippen LogP contribution in [0.15, 0.2) is 66.5 Å². The molecule has 3 aromatic rings. The third-order valence-corrected chi connectivity index (χ3v) is 5.04. The van der Waals surface area contributed by atoms with Gasteiger partial charge in [0.15, 0.2) is 36.2 Å². The minimum atomic E-state index is -0.239. The SMILES string of the molecule is COc1cc2c(cc1OC)C(=O)C(=Cc1cc[n+](Cc3cccc(F)c3)cc1)C2. The maximum absolute atomic E-state index is 13.3. The monoisotopic (exact) mass is 390 g/mol. The smallest absolute Gasteiger partial charge is 0.189 e. The lowest BCUT2D eigenvalue weighted by Crippen LogP contribution is -2.33. The second kappa shape index (κ2) is 7.87. The van der Waals surface area contributed by atoms with E-state index in [0.29, 0.717) is 30.0 Å². The van der Waals surface area contributed by atoms with Gasteiger partial charge in [-0.15, -0.1) is 0 Å². The quantitative estimate of drug-likeness (QED) is 0.488. The number of carbonyl (C=O) groups is 1. The van der Waals surface area contributed by atoms with Crippen molar-refractivity contribution in [3.63, 3.8) is 0 Å². The maximum Gasteiger partial charge on any atom is 0.189 e. The lowest BCUT2D eigenvalue weighted by Gasteiger charge is -2.08. The van der Waals surface area contributed by atoms with E-state index in [1.165, 1.54) is 12.1 Å². The summed E-state index contributed by atoms with van der Waals surface area (Å²) < 4.78 is 26.0. The van der Waals surface area contributed by atoms with Gasteiger partial charge in [0.2, 0.25) is 0 Å². The van der Waals surface area contributed by atoms with Gasteiger partial charge in [0, 0.05) is 35.3 Å². The fourth-order valence-electron chi connectivity index (χ4n) is 3.57. The number of benzene rings is 2. The van der Waals surface area contributed by atoms with E-state index in [2.05, 4.69) is 0 Å². The number of allylic oxidation sites excluding steroid dienone is 1. The first-order valence-electron chi connectivity index (χ1n) is 9.31. The molecule has 0 N–H and O–H groups in total. The van der Waals surface area contributed by atoms with E-state index in [0.717, 1.165) is 22.3 Å². The van der Waals surface area contributed by atoms with Gasteiger partial charge in [-0.25, -0.2) is 8.96 Å². The second-order valence-corrected chi connectivity index (χ2v) is 6.97. The molecule has 0 unspecified atom stereocenters. The van der Waals surface area contributed by atoms with Crippen LogP contribution in [0.4, 0.5) is 4.39 Å². The third-order valence-electron chi connectivity index (χ3n) is 5.04. The van der Waals surface area contributed by atoms with Crippen molar-refractivity contribution in [1.29, 1.82) is 0 Å². The van der Waals surface area contributed by atoms with Crippen molar-refractivity contribution in [2.45, 2.75) is 13.0 Å². The number of rotatable bonds is 5. The lowest BCUT2D eigenvalue weighted by atomic mass is 10.1. The maximum atomic E-state index is 13.3. The Balaban J connectivity index is 1.54. The van der Waals surface area contributed by atoms with Crippen LogP contribution in [0.25, 0.3) is 6.08 Å². The molecule has 0 radical (unpaired) electrons. The van der Waals surface area contributed by atoms with E-state index in [1.54, 1.807) is 26.4 Å². The topological polar surface area (TPSA) is 39.4 Å². The number of halogens is 1. The molecule has 4 nitrogen and oxygen atoms in total. The van der Waals surface area contributed by atoms with E-state index in [1.807, 2.05) is 47.3 Å². The summed E-state index contributed by atoms with van der Waals surface area (Å²) in [5.41, 5.74) is 4.17. The molecule has 0 amide bonds. The molecule has 146 valence electrons. The highest BCUT2D eigenvalue weighted by atomic mass is 19.1. The number of fused-ring (bicyclic) bond motifs is 1. The standard InChI is InChI=1S/C24H21FNO3/c1-28-22-13-18-12-19(24(27)21(18)14-23(22)29-2)10-16-6-8-26(9-7-16)15-17-4-3-5-20(25)11-17/h3-11,13-14H,12,15H2,1-2H3/q+1. The first-order valence-corrected chi connectivity index (χ1v) is 9.31. The van der Waals surface area contributed by atoms with Gasteiger partial charge in [-0.05, 0) is 41.5 Å². The molecule has 29 heavy (non-hydrogen) atoms. The Bertz CT molecular complexity index is 1100. The highest BCUT2D eigenvalue weighted by Crippen LogP contribution is 2.36. The van der Waals surface area contributed by atoms with Crippen molar-refractivity contribution >= 4 is 11.9 Å². The number of hydrogen-bond acceptors (Lipinski definition) is 3. The second-order valence-electron chi connectivity index (χ2n) is 6.97. The Morgan fingerprint density at radius 2 is 1.76 bits per heavy atom. The van der Waals surface area contributed by atoms with Crippen molar-refractivity contribution in [2.24, 2.45) is 0 Å².